The molecule has 1 atom stereocenters. The van der Waals surface area contributed by atoms with E-state index in [1.807, 2.05) is 0 Å². The van der Waals surface area contributed by atoms with Gasteiger partial charge in [-0.3, -0.25) is 0 Å². The Morgan fingerprint density at radius 1 is 0.706 bits per heavy atom. The van der Waals surface area contributed by atoms with Gasteiger partial charge in [0.05, 0.1) is 27.8 Å². The molecule has 3 N–H and O–H groups in total. The number of carbonyl (C=O) groups is 1. The van der Waals surface area contributed by atoms with Gasteiger partial charge in [0.25, 0.3) is 0 Å². The van der Waals surface area contributed by atoms with Crippen molar-refractivity contribution in [1.29, 1.82) is 0 Å². The van der Waals surface area contributed by atoms with Gasteiger partial charge in [-0.2, -0.15) is 10.1 Å². The van der Waals surface area contributed by atoms with Gasteiger partial charge >= 0.3 is 6.03 Å². The summed E-state index contributed by atoms with van der Waals surface area (Å²) in [5.41, 5.74) is -2.53. The van der Waals surface area contributed by atoms with Gasteiger partial charge in [0.15, 0.2) is 0 Å². The van der Waals surface area contributed by atoms with Crippen LogP contribution in [0.1, 0.15) is 137 Å². The number of urea groups is 1. The highest BCUT2D eigenvalue weighted by molar-refractivity contribution is 5.76. The van der Waals surface area contributed by atoms with Gasteiger partial charge in [-0.05, 0) is 117 Å². The van der Waals surface area contributed by atoms with Crippen molar-refractivity contribution in [3.63, 3.8) is 0 Å². The van der Waals surface area contributed by atoms with Crippen molar-refractivity contribution in [2.24, 2.45) is 0 Å². The summed E-state index contributed by atoms with van der Waals surface area (Å²) in [5, 5.41) is 31.1. The van der Waals surface area contributed by atoms with Crippen LogP contribution in [0, 0.1) is 0 Å². The molecule has 0 saturated carbocycles. The van der Waals surface area contributed by atoms with Crippen LogP contribution in [0.15, 0.2) is 0 Å². The molecule has 12 heteroatoms. The normalized spacial score (nSPS) is 30.7. The predicted molar refractivity (Wildman–Crippen MR) is 193 cm³/mol. The highest BCUT2D eigenvalue weighted by atomic mass is 16.5. The lowest BCUT2D eigenvalue weighted by molar-refractivity contribution is -0.300. The predicted octanol–water partition coefficient (Wildman–Crippen LogP) is 6.06. The minimum atomic E-state index is -0.488. The number of nitrogens with zero attached hydrogens (tertiary/aromatic N) is 3. The van der Waals surface area contributed by atoms with E-state index in [2.05, 4.69) is 44.8 Å². The fourth-order valence-electron chi connectivity index (χ4n) is 11.0. The van der Waals surface area contributed by atoms with E-state index in [0.717, 1.165) is 70.6 Å². The summed E-state index contributed by atoms with van der Waals surface area (Å²) in [5.74, 6) is 0. The Labute approximate surface area is 307 Å². The topological polar surface area (TPSA) is 125 Å². The zero-order chi connectivity index (χ0) is 36.4. The largest absolute Gasteiger partial charge is 0.381 e. The van der Waals surface area contributed by atoms with Crippen LogP contribution in [0.3, 0.4) is 0 Å². The SMILES string of the molecule is CCCC(C)(C)OCCC(C)(CC)N(C(=O)NC1CC2(CCOCC2)N(O)C2(CCOCC2)C1)C1CC2(CCOCC2)N(O)C2(CCOCC2)C1. The first kappa shape index (κ1) is 39.6. The number of hydroxylamine groups is 4. The highest BCUT2D eigenvalue weighted by Crippen LogP contribution is 2.51. The third kappa shape index (κ3) is 8.01. The first-order chi connectivity index (χ1) is 24.4. The molecule has 12 nitrogen and oxygen atoms in total. The Morgan fingerprint density at radius 2 is 1.10 bits per heavy atom. The first-order valence-corrected chi connectivity index (χ1v) is 20.4. The third-order valence-corrected chi connectivity index (χ3v) is 14.2. The third-order valence-electron chi connectivity index (χ3n) is 14.2. The second kappa shape index (κ2) is 15.9. The van der Waals surface area contributed by atoms with Gasteiger partial charge in [-0.1, -0.05) is 20.3 Å². The minimum Gasteiger partial charge on any atom is -0.381 e. The number of nitrogens with one attached hydrogen (secondary N) is 1. The zero-order valence-corrected chi connectivity index (χ0v) is 32.5. The quantitative estimate of drug-likeness (QED) is 0.245. The van der Waals surface area contributed by atoms with Crippen LogP contribution in [-0.2, 0) is 23.7 Å². The van der Waals surface area contributed by atoms with Crippen LogP contribution in [0.2, 0.25) is 0 Å². The lowest BCUT2D eigenvalue weighted by Gasteiger charge is -2.62. The van der Waals surface area contributed by atoms with Crippen molar-refractivity contribution in [2.75, 3.05) is 59.5 Å². The number of rotatable bonds is 10. The van der Waals surface area contributed by atoms with Crippen molar-refractivity contribution in [2.45, 2.75) is 183 Å². The van der Waals surface area contributed by atoms with Crippen LogP contribution >= 0.6 is 0 Å². The van der Waals surface area contributed by atoms with E-state index < -0.39 is 27.7 Å². The maximum atomic E-state index is 15.3. The number of piperidine rings is 2. The Morgan fingerprint density at radius 3 is 1.47 bits per heavy atom. The first-order valence-electron chi connectivity index (χ1n) is 20.4. The number of hydrogen-bond donors (Lipinski definition) is 3. The maximum Gasteiger partial charge on any atom is 0.318 e. The molecule has 6 fully saturated rings. The molecule has 0 aliphatic carbocycles. The fourth-order valence-corrected chi connectivity index (χ4v) is 11.0. The maximum absolute atomic E-state index is 15.3. The summed E-state index contributed by atoms with van der Waals surface area (Å²) < 4.78 is 29.9. The lowest BCUT2D eigenvalue weighted by atomic mass is 9.68. The van der Waals surface area contributed by atoms with Crippen LogP contribution in [-0.4, -0.2) is 136 Å². The van der Waals surface area contributed by atoms with Gasteiger partial charge in [-0.15, -0.1) is 0 Å². The minimum absolute atomic E-state index is 0.0335. The van der Waals surface area contributed by atoms with Crippen LogP contribution in [0.25, 0.3) is 0 Å². The Bertz CT molecular complexity index is 1090. The molecule has 0 aromatic rings. The summed E-state index contributed by atoms with van der Waals surface area (Å²) in [4.78, 5) is 17.6. The number of ether oxygens (including phenoxy) is 5. The summed E-state index contributed by atoms with van der Waals surface area (Å²) in [6.07, 6.45) is 12.2. The molecular weight excluding hydrogens is 652 g/mol. The smallest absolute Gasteiger partial charge is 0.318 e. The Balaban J connectivity index is 1.34. The van der Waals surface area contributed by atoms with Crippen LogP contribution < -0.4 is 5.32 Å². The molecule has 294 valence electrons. The van der Waals surface area contributed by atoms with Gasteiger partial charge in [-0.25, -0.2) is 4.79 Å². The zero-order valence-electron chi connectivity index (χ0n) is 32.5. The monoisotopic (exact) mass is 723 g/mol. The molecule has 6 saturated heterocycles. The van der Waals surface area contributed by atoms with Crippen molar-refractivity contribution < 1.29 is 38.9 Å². The fraction of sp³-hybridized carbons (Fsp3) is 0.974. The van der Waals surface area contributed by atoms with Crippen LogP contribution in [0.4, 0.5) is 4.79 Å². The molecule has 6 heterocycles. The number of hydrogen-bond acceptors (Lipinski definition) is 10. The van der Waals surface area contributed by atoms with Crippen molar-refractivity contribution >= 4 is 6.03 Å². The standard InChI is InChI=1S/C39H70N4O8/c1-6-8-34(3,4)51-26-9-35(5,7-2)41(32-29-38(14-22-49-23-15-38)43(46)39(30-32)16-24-50-25-17-39)33(44)40-31-27-36(10-18-47-19-11-36)42(45)37(28-31)12-20-48-21-13-37/h31-32,45-46H,6-30H2,1-5H3,(H,40,44). The highest BCUT2D eigenvalue weighted by Gasteiger charge is 2.59. The summed E-state index contributed by atoms with van der Waals surface area (Å²) in [6, 6.07) is -0.230. The molecule has 0 aromatic carbocycles. The van der Waals surface area contributed by atoms with Crippen LogP contribution in [0.5, 0.6) is 0 Å². The molecule has 6 aliphatic heterocycles. The molecule has 6 aliphatic rings. The van der Waals surface area contributed by atoms with Gasteiger partial charge < -0.3 is 44.3 Å². The van der Waals surface area contributed by atoms with Gasteiger partial charge in [0, 0.05) is 77.1 Å². The number of amides is 2. The molecule has 0 aromatic heterocycles. The van der Waals surface area contributed by atoms with E-state index in [9.17, 15) is 10.4 Å². The van der Waals surface area contributed by atoms with E-state index in [1.165, 1.54) is 0 Å². The molecule has 4 spiro atoms. The molecule has 0 radical (unpaired) electrons. The molecular formula is C39H70N4O8. The van der Waals surface area contributed by atoms with Gasteiger partial charge in [0.1, 0.15) is 0 Å². The van der Waals surface area contributed by atoms with Crippen molar-refractivity contribution in [3.05, 3.63) is 0 Å². The second-order valence-electron chi connectivity index (χ2n) is 17.9. The molecule has 51 heavy (non-hydrogen) atoms. The average molecular weight is 723 g/mol. The van der Waals surface area contributed by atoms with Gasteiger partial charge in [0.2, 0.25) is 0 Å². The van der Waals surface area contributed by atoms with E-state index >= 15 is 4.79 Å². The van der Waals surface area contributed by atoms with E-state index in [4.69, 9.17) is 23.7 Å². The molecule has 0 bridgehead atoms. The molecule has 6 rings (SSSR count). The lowest BCUT2D eigenvalue weighted by Crippen LogP contribution is -2.73. The van der Waals surface area contributed by atoms with Crippen molar-refractivity contribution in [1.82, 2.24) is 20.3 Å². The molecule has 1 unspecified atom stereocenters. The summed E-state index contributed by atoms with van der Waals surface area (Å²) in [7, 11) is 0. The summed E-state index contributed by atoms with van der Waals surface area (Å²) >= 11 is 0. The van der Waals surface area contributed by atoms with Crippen molar-refractivity contribution in [3.8, 4) is 0 Å². The summed E-state index contributed by atoms with van der Waals surface area (Å²) in [6.45, 7) is 16.4. The van der Waals surface area contributed by atoms with E-state index in [0.29, 0.717) is 91.6 Å². The average Bonchev–Trinajstić information content (AvgIpc) is 3.11. The molecule has 2 amide bonds. The Hall–Kier alpha value is -1.09. The van der Waals surface area contributed by atoms with E-state index in [1.54, 1.807) is 10.1 Å². The second-order valence-corrected chi connectivity index (χ2v) is 17.9. The number of carbonyl (C=O) groups excluding carboxylic acids is 1. The van der Waals surface area contributed by atoms with E-state index in [-0.39, 0.29) is 23.7 Å². The Kier molecular flexibility index (Phi) is 12.4.